The number of benzene rings is 1. The Balaban J connectivity index is 2.35. The Labute approximate surface area is 141 Å². The number of nitrogens with one attached hydrogen (secondary N) is 1. The first-order chi connectivity index (χ1) is 11.6. The maximum absolute atomic E-state index is 12.4. The van der Waals surface area contributed by atoms with Crippen LogP contribution in [0.2, 0.25) is 0 Å². The van der Waals surface area contributed by atoms with E-state index in [0.29, 0.717) is 30.2 Å². The van der Waals surface area contributed by atoms with Crippen LogP contribution in [0.15, 0.2) is 53.4 Å². The monoisotopic (exact) mass is 327 g/mol. The molecule has 6 heteroatoms. The average Bonchev–Trinajstić information content (AvgIpc) is 2.59. The normalized spacial score (nSPS) is 17.2. The van der Waals surface area contributed by atoms with Crippen molar-refractivity contribution in [3.8, 4) is 0 Å². The molecule has 2 rings (SSSR count). The Morgan fingerprint density at radius 2 is 1.96 bits per heavy atom. The Morgan fingerprint density at radius 3 is 2.54 bits per heavy atom. The highest BCUT2D eigenvalue weighted by Gasteiger charge is 2.38. The fourth-order valence-electron chi connectivity index (χ4n) is 2.49. The number of amides is 1. The van der Waals surface area contributed by atoms with Gasteiger partial charge in [0.25, 0.3) is 5.91 Å². The van der Waals surface area contributed by atoms with Gasteiger partial charge in [-0.05, 0) is 44.6 Å². The quantitative estimate of drug-likeness (QED) is 0.644. The fourth-order valence-corrected chi connectivity index (χ4v) is 2.49. The zero-order valence-electron chi connectivity index (χ0n) is 14.1. The standard InChI is InChI=1S/C18H21N3O3/c1-4-23-16-12(3)11-14(15(21-19)17(16)24-5-2)20-18(22)13-9-7-6-8-10-13/h6-11,17H,4-5H2,1-3H3,(H,20,22). The van der Waals surface area contributed by atoms with Gasteiger partial charge in [-0.15, -0.1) is 0 Å². The van der Waals surface area contributed by atoms with Crippen LogP contribution < -0.4 is 5.32 Å². The largest absolute Gasteiger partial charge is 0.494 e. The summed E-state index contributed by atoms with van der Waals surface area (Å²) >= 11 is 0. The van der Waals surface area contributed by atoms with Crippen LogP contribution in [-0.2, 0) is 9.47 Å². The molecule has 0 fully saturated rings. The molecular weight excluding hydrogens is 306 g/mol. The molecule has 1 aliphatic carbocycles. The van der Waals surface area contributed by atoms with E-state index in [4.69, 9.17) is 9.47 Å². The van der Waals surface area contributed by atoms with E-state index in [9.17, 15) is 10.3 Å². The lowest BCUT2D eigenvalue weighted by atomic mass is 9.97. The van der Waals surface area contributed by atoms with E-state index in [0.717, 1.165) is 5.57 Å². The van der Waals surface area contributed by atoms with Gasteiger partial charge in [0.2, 0.25) is 6.10 Å². The SMILES string of the molecule is CCOC1=C(C)C=C(NC(=O)c2ccccc2)C(=[N+]=[N-])C1OCC. The lowest BCUT2D eigenvalue weighted by Gasteiger charge is -2.23. The van der Waals surface area contributed by atoms with Gasteiger partial charge in [0.15, 0.2) is 0 Å². The van der Waals surface area contributed by atoms with Gasteiger partial charge in [0.1, 0.15) is 11.5 Å². The Hall–Kier alpha value is -2.69. The van der Waals surface area contributed by atoms with Gasteiger partial charge in [-0.1, -0.05) is 18.2 Å². The predicted molar refractivity (Wildman–Crippen MR) is 90.4 cm³/mol. The minimum absolute atomic E-state index is 0.218. The molecule has 0 bridgehead atoms. The predicted octanol–water partition coefficient (Wildman–Crippen LogP) is 2.70. The van der Waals surface area contributed by atoms with E-state index in [1.807, 2.05) is 26.8 Å². The minimum atomic E-state index is -0.656. The maximum atomic E-state index is 12.4. The molecule has 1 aliphatic rings. The van der Waals surface area contributed by atoms with E-state index in [-0.39, 0.29) is 11.6 Å². The summed E-state index contributed by atoms with van der Waals surface area (Å²) in [6.07, 6.45) is 1.06. The van der Waals surface area contributed by atoms with Crippen LogP contribution in [0.5, 0.6) is 0 Å². The number of ether oxygens (including phenoxy) is 2. The molecular formula is C18H21N3O3. The van der Waals surface area contributed by atoms with E-state index in [2.05, 4.69) is 10.1 Å². The third-order valence-corrected chi connectivity index (χ3v) is 3.54. The van der Waals surface area contributed by atoms with Gasteiger partial charge in [0, 0.05) is 12.2 Å². The average molecular weight is 327 g/mol. The summed E-state index contributed by atoms with van der Waals surface area (Å²) in [6, 6.07) is 8.83. The minimum Gasteiger partial charge on any atom is -0.494 e. The second kappa shape index (κ2) is 8.24. The number of hydrogen-bond acceptors (Lipinski definition) is 3. The van der Waals surface area contributed by atoms with Crippen LogP contribution in [0.4, 0.5) is 0 Å². The van der Waals surface area contributed by atoms with Crippen molar-refractivity contribution < 1.29 is 19.1 Å². The van der Waals surface area contributed by atoms with Crippen molar-refractivity contribution in [1.82, 2.24) is 5.32 Å². The van der Waals surface area contributed by atoms with Crippen LogP contribution in [0, 0.1) is 0 Å². The maximum Gasteiger partial charge on any atom is 0.351 e. The second-order valence-corrected chi connectivity index (χ2v) is 5.18. The number of carbonyl (C=O) groups excluding carboxylic acids is 1. The summed E-state index contributed by atoms with van der Waals surface area (Å²) in [5, 5.41) is 2.78. The Morgan fingerprint density at radius 1 is 1.25 bits per heavy atom. The number of rotatable bonds is 6. The third-order valence-electron chi connectivity index (χ3n) is 3.54. The van der Waals surface area contributed by atoms with E-state index in [1.54, 1.807) is 30.3 Å². The molecule has 1 amide bonds. The zero-order chi connectivity index (χ0) is 17.5. The van der Waals surface area contributed by atoms with E-state index >= 15 is 0 Å². The summed E-state index contributed by atoms with van der Waals surface area (Å²) in [4.78, 5) is 15.7. The van der Waals surface area contributed by atoms with Crippen molar-refractivity contribution in [2.45, 2.75) is 26.9 Å². The molecule has 1 N–H and O–H groups in total. The zero-order valence-corrected chi connectivity index (χ0v) is 14.1. The van der Waals surface area contributed by atoms with Crippen molar-refractivity contribution in [2.24, 2.45) is 0 Å². The highest BCUT2D eigenvalue weighted by molar-refractivity contribution is 6.07. The molecule has 6 nitrogen and oxygen atoms in total. The van der Waals surface area contributed by atoms with Gasteiger partial charge in [0.05, 0.1) is 6.61 Å². The van der Waals surface area contributed by atoms with E-state index in [1.165, 1.54) is 0 Å². The molecule has 0 aliphatic heterocycles. The summed E-state index contributed by atoms with van der Waals surface area (Å²) in [5.74, 6) is 0.302. The van der Waals surface area contributed by atoms with Gasteiger partial charge in [-0.25, -0.2) is 0 Å². The molecule has 1 aromatic carbocycles. The molecule has 0 aromatic heterocycles. The first-order valence-electron chi connectivity index (χ1n) is 7.87. The van der Waals surface area contributed by atoms with Crippen LogP contribution in [0.25, 0.3) is 5.53 Å². The molecule has 0 saturated carbocycles. The fraction of sp³-hybridized carbons (Fsp3) is 0.333. The van der Waals surface area contributed by atoms with Crippen LogP contribution >= 0.6 is 0 Å². The smallest absolute Gasteiger partial charge is 0.351 e. The summed E-state index contributed by atoms with van der Waals surface area (Å²) in [7, 11) is 0. The van der Waals surface area contributed by atoms with Gasteiger partial charge < -0.3 is 20.3 Å². The topological polar surface area (TPSA) is 84.0 Å². The van der Waals surface area contributed by atoms with Crippen LogP contribution in [-0.4, -0.2) is 35.7 Å². The summed E-state index contributed by atoms with van der Waals surface area (Å²) < 4.78 is 11.3. The van der Waals surface area contributed by atoms with Crippen molar-refractivity contribution in [2.75, 3.05) is 13.2 Å². The third kappa shape index (κ3) is 3.79. The van der Waals surface area contributed by atoms with Gasteiger partial charge in [-0.2, -0.15) is 4.79 Å². The molecule has 1 atom stereocenters. The molecule has 1 unspecified atom stereocenters. The summed E-state index contributed by atoms with van der Waals surface area (Å²) in [6.45, 7) is 6.45. The van der Waals surface area contributed by atoms with E-state index < -0.39 is 6.10 Å². The highest BCUT2D eigenvalue weighted by Crippen LogP contribution is 2.24. The number of hydrogen-bond donors (Lipinski definition) is 1. The lowest BCUT2D eigenvalue weighted by Crippen LogP contribution is -2.39. The highest BCUT2D eigenvalue weighted by atomic mass is 16.5. The van der Waals surface area contributed by atoms with Crippen LogP contribution in [0.1, 0.15) is 31.1 Å². The molecule has 0 saturated heterocycles. The first-order valence-corrected chi connectivity index (χ1v) is 7.87. The number of allylic oxidation sites excluding steroid dienone is 2. The molecule has 126 valence electrons. The van der Waals surface area contributed by atoms with Gasteiger partial charge in [-0.3, -0.25) is 4.79 Å². The number of nitrogens with zero attached hydrogens (tertiary/aromatic N) is 2. The van der Waals surface area contributed by atoms with Crippen molar-refractivity contribution in [1.29, 1.82) is 0 Å². The van der Waals surface area contributed by atoms with Gasteiger partial charge >= 0.3 is 5.71 Å². The Kier molecular flexibility index (Phi) is 6.07. The number of carbonyl (C=O) groups is 1. The Bertz CT molecular complexity index is 716. The van der Waals surface area contributed by atoms with Crippen molar-refractivity contribution in [3.05, 3.63) is 64.5 Å². The molecule has 0 heterocycles. The van der Waals surface area contributed by atoms with Crippen molar-refractivity contribution >= 4 is 11.6 Å². The lowest BCUT2D eigenvalue weighted by molar-refractivity contribution is -0.0320. The molecule has 0 radical (unpaired) electrons. The molecule has 24 heavy (non-hydrogen) atoms. The second-order valence-electron chi connectivity index (χ2n) is 5.18. The molecule has 1 aromatic rings. The first kappa shape index (κ1) is 17.7. The van der Waals surface area contributed by atoms with Crippen molar-refractivity contribution in [3.63, 3.8) is 0 Å². The van der Waals surface area contributed by atoms with Crippen LogP contribution in [0.3, 0.4) is 0 Å². The summed E-state index contributed by atoms with van der Waals surface area (Å²) in [5.41, 5.74) is 11.4. The molecule has 0 spiro atoms.